The summed E-state index contributed by atoms with van der Waals surface area (Å²) in [6.07, 6.45) is 6.47. The molecule has 2 aliphatic rings. The average molecular weight is 267 g/mol. The average Bonchev–Trinajstić information content (AvgIpc) is 2.92. The van der Waals surface area contributed by atoms with Gasteiger partial charge in [-0.25, -0.2) is 0 Å². The van der Waals surface area contributed by atoms with Crippen molar-refractivity contribution >= 4 is 5.91 Å². The summed E-state index contributed by atoms with van der Waals surface area (Å²) in [5.74, 6) is 1.24. The van der Waals surface area contributed by atoms with Crippen molar-refractivity contribution in [1.82, 2.24) is 15.5 Å². The van der Waals surface area contributed by atoms with Crippen LogP contribution in [0.5, 0.6) is 0 Å². The third-order valence-corrected chi connectivity index (χ3v) is 4.55. The van der Waals surface area contributed by atoms with Crippen molar-refractivity contribution in [1.29, 1.82) is 0 Å². The molecule has 1 aliphatic carbocycles. The highest BCUT2D eigenvalue weighted by Crippen LogP contribution is 2.30. The Labute approximate surface area is 117 Å². The molecule has 4 heteroatoms. The van der Waals surface area contributed by atoms with E-state index in [-0.39, 0.29) is 11.8 Å². The molecular weight excluding hydrogens is 238 g/mol. The molecule has 4 nitrogen and oxygen atoms in total. The zero-order valence-corrected chi connectivity index (χ0v) is 12.3. The lowest BCUT2D eigenvalue weighted by molar-refractivity contribution is -0.125. The van der Waals surface area contributed by atoms with Crippen LogP contribution in [-0.4, -0.2) is 50.1 Å². The smallest absolute Gasteiger partial charge is 0.222 e. The molecule has 1 aliphatic heterocycles. The summed E-state index contributed by atoms with van der Waals surface area (Å²) < 4.78 is 0. The lowest BCUT2D eigenvalue weighted by Crippen LogP contribution is -2.46. The van der Waals surface area contributed by atoms with Crippen molar-refractivity contribution in [2.45, 2.75) is 39.0 Å². The predicted molar refractivity (Wildman–Crippen MR) is 78.1 cm³/mol. The Morgan fingerprint density at radius 1 is 1.32 bits per heavy atom. The van der Waals surface area contributed by atoms with Crippen molar-refractivity contribution in [2.75, 3.05) is 39.3 Å². The van der Waals surface area contributed by atoms with Gasteiger partial charge in [0.25, 0.3) is 0 Å². The molecule has 1 unspecified atom stereocenters. The summed E-state index contributed by atoms with van der Waals surface area (Å²) in [6.45, 7) is 8.23. The fourth-order valence-corrected chi connectivity index (χ4v) is 3.30. The first-order valence-electron chi connectivity index (χ1n) is 7.96. The van der Waals surface area contributed by atoms with E-state index < -0.39 is 0 Å². The Bertz CT molecular complexity index is 271. The monoisotopic (exact) mass is 267 g/mol. The number of nitrogens with zero attached hydrogens (tertiary/aromatic N) is 1. The molecule has 0 aromatic rings. The van der Waals surface area contributed by atoms with Gasteiger partial charge in [0.1, 0.15) is 0 Å². The molecule has 0 aromatic carbocycles. The van der Waals surface area contributed by atoms with Crippen LogP contribution in [0.4, 0.5) is 0 Å². The molecule has 2 fully saturated rings. The third-order valence-electron chi connectivity index (χ3n) is 4.55. The Hall–Kier alpha value is -0.610. The molecule has 0 radical (unpaired) electrons. The third kappa shape index (κ3) is 5.11. The summed E-state index contributed by atoms with van der Waals surface area (Å²) in [4.78, 5) is 14.4. The minimum atomic E-state index is 0.186. The van der Waals surface area contributed by atoms with Crippen molar-refractivity contribution in [3.05, 3.63) is 0 Å². The number of nitrogens with one attached hydrogen (secondary N) is 2. The van der Waals surface area contributed by atoms with E-state index in [1.807, 2.05) is 0 Å². The van der Waals surface area contributed by atoms with Crippen molar-refractivity contribution < 1.29 is 4.79 Å². The van der Waals surface area contributed by atoms with Gasteiger partial charge < -0.3 is 10.6 Å². The van der Waals surface area contributed by atoms with Gasteiger partial charge in [-0.15, -0.1) is 0 Å². The number of amides is 1. The molecule has 1 amide bonds. The van der Waals surface area contributed by atoms with E-state index in [9.17, 15) is 4.79 Å². The van der Waals surface area contributed by atoms with E-state index in [0.717, 1.165) is 51.6 Å². The van der Waals surface area contributed by atoms with Crippen molar-refractivity contribution in [2.24, 2.45) is 11.8 Å². The van der Waals surface area contributed by atoms with Crippen LogP contribution >= 0.6 is 0 Å². The molecule has 2 N–H and O–H groups in total. The minimum Gasteiger partial charge on any atom is -0.355 e. The second-order valence-corrected chi connectivity index (χ2v) is 6.17. The molecular formula is C15H29N3O. The van der Waals surface area contributed by atoms with Gasteiger partial charge in [0.2, 0.25) is 5.91 Å². The lowest BCUT2D eigenvalue weighted by atomic mass is 9.94. The number of piperazine rings is 1. The Balaban J connectivity index is 1.57. The fourth-order valence-electron chi connectivity index (χ4n) is 3.30. The first kappa shape index (κ1) is 14.8. The molecule has 1 atom stereocenters. The van der Waals surface area contributed by atoms with Crippen molar-refractivity contribution in [3.8, 4) is 0 Å². The Kier molecular flexibility index (Phi) is 6.11. The summed E-state index contributed by atoms with van der Waals surface area (Å²) in [5.41, 5.74) is 0. The van der Waals surface area contributed by atoms with Gasteiger partial charge in [-0.2, -0.15) is 0 Å². The van der Waals surface area contributed by atoms with Crippen LogP contribution in [0.2, 0.25) is 0 Å². The van der Waals surface area contributed by atoms with Crippen molar-refractivity contribution in [3.63, 3.8) is 0 Å². The molecule has 110 valence electrons. The number of rotatable bonds is 6. The van der Waals surface area contributed by atoms with E-state index in [0.29, 0.717) is 0 Å². The van der Waals surface area contributed by atoms with Gasteiger partial charge in [-0.3, -0.25) is 9.69 Å². The van der Waals surface area contributed by atoms with Crippen LogP contribution in [0.25, 0.3) is 0 Å². The van der Waals surface area contributed by atoms with Crippen LogP contribution in [0.15, 0.2) is 0 Å². The zero-order valence-electron chi connectivity index (χ0n) is 12.3. The van der Waals surface area contributed by atoms with Crippen LogP contribution in [-0.2, 0) is 4.79 Å². The highest BCUT2D eigenvalue weighted by molar-refractivity contribution is 5.78. The first-order chi connectivity index (χ1) is 9.25. The van der Waals surface area contributed by atoms with Crippen LogP contribution in [0.1, 0.15) is 39.0 Å². The summed E-state index contributed by atoms with van der Waals surface area (Å²) in [7, 11) is 0. The number of hydrogen-bond acceptors (Lipinski definition) is 3. The topological polar surface area (TPSA) is 44.4 Å². The molecule has 0 spiro atoms. The lowest BCUT2D eigenvalue weighted by Gasteiger charge is -2.27. The molecule has 0 aromatic heterocycles. The van der Waals surface area contributed by atoms with Crippen LogP contribution in [0.3, 0.4) is 0 Å². The van der Waals surface area contributed by atoms with E-state index in [1.54, 1.807) is 0 Å². The molecule has 19 heavy (non-hydrogen) atoms. The second-order valence-electron chi connectivity index (χ2n) is 6.17. The quantitative estimate of drug-likeness (QED) is 0.761. The SMILES string of the molecule is CC(CC1CCCC1)C(=O)NCCN1CCNCC1. The Morgan fingerprint density at radius 3 is 2.68 bits per heavy atom. The zero-order chi connectivity index (χ0) is 13.5. The second kappa shape index (κ2) is 7.85. The highest BCUT2D eigenvalue weighted by Gasteiger charge is 2.21. The van der Waals surface area contributed by atoms with Gasteiger partial charge in [0.05, 0.1) is 0 Å². The number of carbonyl (C=O) groups excluding carboxylic acids is 1. The van der Waals surface area contributed by atoms with Gasteiger partial charge in [0.15, 0.2) is 0 Å². The summed E-state index contributed by atoms with van der Waals surface area (Å²) >= 11 is 0. The minimum absolute atomic E-state index is 0.186. The molecule has 2 rings (SSSR count). The number of carbonyl (C=O) groups is 1. The van der Waals surface area contributed by atoms with Crippen LogP contribution < -0.4 is 10.6 Å². The largest absolute Gasteiger partial charge is 0.355 e. The first-order valence-corrected chi connectivity index (χ1v) is 7.96. The molecule has 1 heterocycles. The van der Waals surface area contributed by atoms with Gasteiger partial charge in [0, 0.05) is 45.2 Å². The summed E-state index contributed by atoms with van der Waals surface area (Å²) in [5, 5.41) is 6.45. The van der Waals surface area contributed by atoms with Gasteiger partial charge in [-0.05, 0) is 12.3 Å². The van der Waals surface area contributed by atoms with Gasteiger partial charge >= 0.3 is 0 Å². The van der Waals surface area contributed by atoms with Crippen LogP contribution in [0, 0.1) is 11.8 Å². The van der Waals surface area contributed by atoms with Gasteiger partial charge in [-0.1, -0.05) is 32.6 Å². The predicted octanol–water partition coefficient (Wildman–Crippen LogP) is 1.22. The normalized spacial score (nSPS) is 23.4. The maximum absolute atomic E-state index is 12.0. The fraction of sp³-hybridized carbons (Fsp3) is 0.933. The Morgan fingerprint density at radius 2 is 2.00 bits per heavy atom. The van der Waals surface area contributed by atoms with E-state index in [2.05, 4.69) is 22.5 Å². The molecule has 1 saturated carbocycles. The maximum atomic E-state index is 12.0. The molecule has 1 saturated heterocycles. The van der Waals surface area contributed by atoms with E-state index >= 15 is 0 Å². The maximum Gasteiger partial charge on any atom is 0.222 e. The molecule has 0 bridgehead atoms. The highest BCUT2D eigenvalue weighted by atomic mass is 16.1. The van der Waals surface area contributed by atoms with E-state index in [4.69, 9.17) is 0 Å². The standard InChI is InChI=1S/C15H29N3O/c1-13(12-14-4-2-3-5-14)15(19)17-8-11-18-9-6-16-7-10-18/h13-14,16H,2-12H2,1H3,(H,17,19). The van der Waals surface area contributed by atoms with E-state index in [1.165, 1.54) is 25.7 Å². The summed E-state index contributed by atoms with van der Waals surface area (Å²) in [6, 6.07) is 0. The number of hydrogen-bond donors (Lipinski definition) is 2.